The number of nitrogens with one attached hydrogen (secondary N) is 1. The zero-order valence-corrected chi connectivity index (χ0v) is 27.8. The van der Waals surface area contributed by atoms with Crippen molar-refractivity contribution in [3.05, 3.63) is 76.6 Å². The molecule has 4 aromatic rings. The number of carbonyl (C=O) groups excluding carboxylic acids is 1. The predicted molar refractivity (Wildman–Crippen MR) is 175 cm³/mol. The Morgan fingerprint density at radius 2 is 1.84 bits per heavy atom. The van der Waals surface area contributed by atoms with E-state index in [1.165, 1.54) is 35.2 Å². The number of benzene rings is 2. The summed E-state index contributed by atoms with van der Waals surface area (Å²) in [5, 5.41) is 20.0. The van der Waals surface area contributed by atoms with Gasteiger partial charge in [-0.3, -0.25) is 14.6 Å². The normalized spacial score (nSPS) is 16.5. The summed E-state index contributed by atoms with van der Waals surface area (Å²) in [5.74, 6) is -0.367. The number of nitrogens with zero attached hydrogens (tertiary/aromatic N) is 7. The number of unbranched alkanes of at least 4 members (excludes halogenated alkanes) is 1. The van der Waals surface area contributed by atoms with Crippen molar-refractivity contribution >= 4 is 17.5 Å². The lowest BCUT2D eigenvalue weighted by molar-refractivity contribution is -0.138. The van der Waals surface area contributed by atoms with Crippen LogP contribution in [0, 0.1) is 11.3 Å². The third kappa shape index (κ3) is 7.69. The van der Waals surface area contributed by atoms with E-state index in [-0.39, 0.29) is 65.3 Å². The Bertz CT molecular complexity index is 1970. The number of carbonyl (C=O) groups is 1. The smallest absolute Gasteiger partial charge is 0.377 e. The molecular weight excluding hydrogens is 678 g/mol. The van der Waals surface area contributed by atoms with E-state index in [2.05, 4.69) is 20.5 Å². The van der Waals surface area contributed by atoms with Crippen molar-refractivity contribution in [2.75, 3.05) is 36.5 Å². The monoisotopic (exact) mass is 712 g/mol. The van der Waals surface area contributed by atoms with Crippen molar-refractivity contribution in [1.29, 1.82) is 5.26 Å². The largest absolute Gasteiger partial charge is 0.416 e. The Morgan fingerprint density at radius 1 is 1.04 bits per heavy atom. The number of nitriles is 1. The van der Waals surface area contributed by atoms with Crippen molar-refractivity contribution in [3.8, 4) is 28.6 Å². The first-order valence-corrected chi connectivity index (χ1v) is 16.3. The standard InChI is InChI=1S/C35H34F6N8O2/c1-3-51-24-8-11-48(18-24)17-21-12-27-28(29(13-21)35(39,40)41)19-49(33(27)50)31-15-22(14-30(45-31)43-10-5-4-9-42)26-16-23(34(36,37)38)6-7-25(26)32-46-44-20-47(32)2/h6-7,12-16,20,24H,3-5,8,10-11,17-19H2,1-2H3,(H,43,45). The molecule has 4 heterocycles. The van der Waals surface area contributed by atoms with Gasteiger partial charge in [0.2, 0.25) is 0 Å². The molecule has 2 aliphatic rings. The molecular formula is C35H34F6N8O2. The van der Waals surface area contributed by atoms with Gasteiger partial charge in [0, 0.05) is 57.4 Å². The number of hydrogen-bond acceptors (Lipinski definition) is 8. The van der Waals surface area contributed by atoms with Gasteiger partial charge < -0.3 is 14.6 Å². The highest BCUT2D eigenvalue weighted by Crippen LogP contribution is 2.42. The number of likely N-dealkylation sites (tertiary alicyclic amines) is 1. The van der Waals surface area contributed by atoms with Gasteiger partial charge >= 0.3 is 12.4 Å². The Kier molecular flexibility index (Phi) is 10.0. The summed E-state index contributed by atoms with van der Waals surface area (Å²) in [4.78, 5) is 21.6. The van der Waals surface area contributed by atoms with Crippen molar-refractivity contribution in [3.63, 3.8) is 0 Å². The summed E-state index contributed by atoms with van der Waals surface area (Å²) in [5.41, 5.74) is -1.29. The van der Waals surface area contributed by atoms with Crippen LogP contribution < -0.4 is 10.2 Å². The minimum Gasteiger partial charge on any atom is -0.377 e. The maximum absolute atomic E-state index is 14.5. The van der Waals surface area contributed by atoms with Gasteiger partial charge in [-0.25, -0.2) is 4.98 Å². The molecule has 0 spiro atoms. The van der Waals surface area contributed by atoms with Gasteiger partial charge in [0.05, 0.1) is 29.8 Å². The van der Waals surface area contributed by atoms with Crippen molar-refractivity contribution in [1.82, 2.24) is 24.6 Å². The average Bonchev–Trinajstić information content (AvgIpc) is 3.80. The van der Waals surface area contributed by atoms with Crippen LogP contribution in [0.4, 0.5) is 38.0 Å². The number of fused-ring (bicyclic) bond motifs is 1. The third-order valence-electron chi connectivity index (χ3n) is 8.91. The van der Waals surface area contributed by atoms with Crippen LogP contribution in [0.25, 0.3) is 22.5 Å². The second kappa shape index (κ2) is 14.3. The lowest BCUT2D eigenvalue weighted by Crippen LogP contribution is -2.25. The first kappa shape index (κ1) is 35.8. The summed E-state index contributed by atoms with van der Waals surface area (Å²) >= 11 is 0. The van der Waals surface area contributed by atoms with Crippen LogP contribution in [-0.4, -0.2) is 62.9 Å². The topological polar surface area (TPSA) is 112 Å². The molecule has 2 aromatic heterocycles. The molecule has 51 heavy (non-hydrogen) atoms. The molecule has 1 amide bonds. The number of halogens is 6. The van der Waals surface area contributed by atoms with E-state index in [1.807, 2.05) is 17.9 Å². The van der Waals surface area contributed by atoms with Gasteiger partial charge in [0.15, 0.2) is 5.82 Å². The minimum atomic E-state index is -4.76. The molecule has 2 aromatic carbocycles. The van der Waals surface area contributed by atoms with Gasteiger partial charge in [-0.2, -0.15) is 31.6 Å². The Labute approximate surface area is 289 Å². The Morgan fingerprint density at radius 3 is 2.53 bits per heavy atom. The molecule has 268 valence electrons. The highest BCUT2D eigenvalue weighted by atomic mass is 19.4. The van der Waals surface area contributed by atoms with E-state index >= 15 is 0 Å². The lowest BCUT2D eigenvalue weighted by atomic mass is 9.96. The van der Waals surface area contributed by atoms with Gasteiger partial charge in [-0.15, -0.1) is 10.2 Å². The molecule has 1 unspecified atom stereocenters. The number of ether oxygens (including phenoxy) is 1. The zero-order valence-electron chi connectivity index (χ0n) is 27.8. The Hall–Kier alpha value is -5.01. The van der Waals surface area contributed by atoms with Crippen LogP contribution >= 0.6 is 0 Å². The average molecular weight is 713 g/mol. The fourth-order valence-corrected chi connectivity index (χ4v) is 6.53. The first-order chi connectivity index (χ1) is 24.3. The molecule has 10 nitrogen and oxygen atoms in total. The van der Waals surface area contributed by atoms with Crippen LogP contribution in [0.15, 0.2) is 48.8 Å². The number of alkyl halides is 6. The fraction of sp³-hybridized carbons (Fsp3) is 0.400. The van der Waals surface area contributed by atoms with Crippen molar-refractivity contribution in [2.24, 2.45) is 7.05 Å². The second-order valence-electron chi connectivity index (χ2n) is 12.5. The molecule has 1 saturated heterocycles. The van der Waals surface area contributed by atoms with Crippen molar-refractivity contribution in [2.45, 2.75) is 57.7 Å². The SMILES string of the molecule is CCOC1CCN(Cc2cc3c(c(C(F)(F)F)c2)CN(c2cc(-c4cc(C(F)(F)F)ccc4-c4nncn4C)cc(NCCCC#N)n2)C3=O)C1. The number of hydrogen-bond donors (Lipinski definition) is 1. The quantitative estimate of drug-likeness (QED) is 0.130. The fourth-order valence-electron chi connectivity index (χ4n) is 6.53. The summed E-state index contributed by atoms with van der Waals surface area (Å²) in [7, 11) is 1.63. The van der Waals surface area contributed by atoms with Crippen LogP contribution in [0.5, 0.6) is 0 Å². The summed E-state index contributed by atoms with van der Waals surface area (Å²) in [6.07, 6.45) is -6.70. The Balaban J connectivity index is 1.43. The lowest BCUT2D eigenvalue weighted by Gasteiger charge is -2.20. The van der Waals surface area contributed by atoms with E-state index in [4.69, 9.17) is 10.00 Å². The number of pyridine rings is 1. The second-order valence-corrected chi connectivity index (χ2v) is 12.5. The minimum absolute atomic E-state index is 0.0179. The summed E-state index contributed by atoms with van der Waals surface area (Å²) in [6.45, 7) is 3.60. The van der Waals surface area contributed by atoms with E-state index in [9.17, 15) is 31.1 Å². The zero-order chi connectivity index (χ0) is 36.5. The van der Waals surface area contributed by atoms with Crippen LogP contribution in [-0.2, 0) is 37.2 Å². The number of rotatable bonds is 11. The number of amides is 1. The highest BCUT2D eigenvalue weighted by Gasteiger charge is 2.41. The molecule has 0 aliphatic carbocycles. The summed E-state index contributed by atoms with van der Waals surface area (Å²) < 4.78 is 92.8. The summed E-state index contributed by atoms with van der Waals surface area (Å²) in [6, 6.07) is 10.6. The molecule has 2 aliphatic heterocycles. The molecule has 6 rings (SSSR count). The molecule has 1 N–H and O–H groups in total. The molecule has 16 heteroatoms. The van der Waals surface area contributed by atoms with Crippen molar-refractivity contribution < 1.29 is 35.9 Å². The number of aryl methyl sites for hydroxylation is 1. The van der Waals surface area contributed by atoms with Crippen LogP contribution in [0.1, 0.15) is 58.8 Å². The molecule has 1 fully saturated rings. The predicted octanol–water partition coefficient (Wildman–Crippen LogP) is 7.07. The highest BCUT2D eigenvalue weighted by molar-refractivity contribution is 6.10. The van der Waals surface area contributed by atoms with Crippen LogP contribution in [0.2, 0.25) is 0 Å². The third-order valence-corrected chi connectivity index (χ3v) is 8.91. The maximum atomic E-state index is 14.5. The first-order valence-electron chi connectivity index (χ1n) is 16.3. The van der Waals surface area contributed by atoms with E-state index in [0.717, 1.165) is 29.5 Å². The molecule has 0 radical (unpaired) electrons. The van der Waals surface area contributed by atoms with Gasteiger partial charge in [0.25, 0.3) is 5.91 Å². The molecule has 0 saturated carbocycles. The van der Waals surface area contributed by atoms with Gasteiger partial charge in [-0.1, -0.05) is 0 Å². The van der Waals surface area contributed by atoms with E-state index < -0.39 is 35.9 Å². The van der Waals surface area contributed by atoms with Crippen LogP contribution in [0.3, 0.4) is 0 Å². The van der Waals surface area contributed by atoms with Gasteiger partial charge in [-0.05, 0) is 84.5 Å². The molecule has 0 bridgehead atoms. The number of anilines is 2. The van der Waals surface area contributed by atoms with E-state index in [0.29, 0.717) is 37.2 Å². The van der Waals surface area contributed by atoms with E-state index in [1.54, 1.807) is 7.05 Å². The number of aromatic nitrogens is 4. The molecule has 1 atom stereocenters. The van der Waals surface area contributed by atoms with Gasteiger partial charge in [0.1, 0.15) is 18.0 Å². The maximum Gasteiger partial charge on any atom is 0.416 e.